The van der Waals surface area contributed by atoms with Crippen molar-refractivity contribution in [2.24, 2.45) is 4.40 Å². The lowest BCUT2D eigenvalue weighted by atomic mass is 10.6. The predicted molar refractivity (Wildman–Crippen MR) is 37.2 cm³/mol. The van der Waals surface area contributed by atoms with Gasteiger partial charge in [0.2, 0.25) is 0 Å². The van der Waals surface area contributed by atoms with Crippen molar-refractivity contribution >= 4 is 27.7 Å². The Morgan fingerprint density at radius 2 is 2.20 bits per heavy atom. The first-order valence-electron chi connectivity index (χ1n) is 2.44. The maximum Gasteiger partial charge on any atom is 0.264 e. The van der Waals surface area contributed by atoms with Gasteiger partial charge >= 0.3 is 0 Å². The van der Waals surface area contributed by atoms with Gasteiger partial charge in [0.1, 0.15) is 0 Å². The lowest BCUT2D eigenvalue weighted by Gasteiger charge is -1.95. The van der Waals surface area contributed by atoms with E-state index in [-0.39, 0.29) is 5.75 Å². The fourth-order valence-electron chi connectivity index (χ4n) is 0.384. The predicted octanol–water partition coefficient (Wildman–Crippen LogP) is 0.279. The number of sulfonamides is 1. The van der Waals surface area contributed by atoms with Crippen LogP contribution in [0.2, 0.25) is 0 Å². The molecule has 0 aromatic heterocycles. The maximum atomic E-state index is 10.5. The first kappa shape index (κ1) is 9.62. The van der Waals surface area contributed by atoms with Gasteiger partial charge in [-0.15, -0.1) is 11.6 Å². The number of carbonyl (C=O) groups excluding carboxylic acids is 1. The standard InChI is InChI=1S/C4H6ClNO3S/c1-4(5)2-10(8,9)6-3-7/h4H,2H2,1H3. The van der Waals surface area contributed by atoms with Gasteiger partial charge in [0.05, 0.1) is 5.75 Å². The Bertz CT molecular complexity index is 239. The third-order valence-corrected chi connectivity index (χ3v) is 2.23. The molecule has 0 spiro atoms. The van der Waals surface area contributed by atoms with Crippen LogP contribution < -0.4 is 0 Å². The molecule has 0 bridgehead atoms. The zero-order valence-corrected chi connectivity index (χ0v) is 6.82. The average Bonchev–Trinajstić information content (AvgIpc) is 1.59. The van der Waals surface area contributed by atoms with Gasteiger partial charge in [-0.1, -0.05) is 4.40 Å². The molecule has 0 radical (unpaired) electrons. The van der Waals surface area contributed by atoms with Crippen molar-refractivity contribution < 1.29 is 13.2 Å². The number of hydrogen-bond donors (Lipinski definition) is 0. The summed E-state index contributed by atoms with van der Waals surface area (Å²) >= 11 is 5.33. The highest BCUT2D eigenvalue weighted by Gasteiger charge is 2.11. The Kier molecular flexibility index (Phi) is 3.57. The summed E-state index contributed by atoms with van der Waals surface area (Å²) in [6, 6.07) is 0. The fraction of sp³-hybridized carbons (Fsp3) is 0.750. The molecule has 1 atom stereocenters. The zero-order chi connectivity index (χ0) is 8.20. The topological polar surface area (TPSA) is 63.6 Å². The van der Waals surface area contributed by atoms with E-state index in [0.29, 0.717) is 0 Å². The van der Waals surface area contributed by atoms with E-state index in [2.05, 4.69) is 4.40 Å². The summed E-state index contributed by atoms with van der Waals surface area (Å²) in [5.41, 5.74) is 0. The molecule has 6 heteroatoms. The minimum absolute atomic E-state index is 0.330. The van der Waals surface area contributed by atoms with Crippen LogP contribution in [0.25, 0.3) is 0 Å². The second kappa shape index (κ2) is 3.71. The van der Waals surface area contributed by atoms with E-state index < -0.39 is 15.4 Å². The molecule has 0 amide bonds. The van der Waals surface area contributed by atoms with Gasteiger partial charge in [-0.2, -0.15) is 0 Å². The van der Waals surface area contributed by atoms with Crippen molar-refractivity contribution in [3.63, 3.8) is 0 Å². The van der Waals surface area contributed by atoms with Gasteiger partial charge in [0.25, 0.3) is 16.1 Å². The summed E-state index contributed by atoms with van der Waals surface area (Å²) < 4.78 is 23.6. The van der Waals surface area contributed by atoms with E-state index in [1.807, 2.05) is 0 Å². The van der Waals surface area contributed by atoms with Crippen LogP contribution in [0.1, 0.15) is 6.92 Å². The molecule has 0 N–H and O–H groups in total. The van der Waals surface area contributed by atoms with E-state index in [0.717, 1.165) is 6.08 Å². The third-order valence-electron chi connectivity index (χ3n) is 0.617. The molecular formula is C4H6ClNO3S. The van der Waals surface area contributed by atoms with Crippen molar-refractivity contribution in [2.75, 3.05) is 5.75 Å². The van der Waals surface area contributed by atoms with Crippen molar-refractivity contribution in [3.05, 3.63) is 0 Å². The fourth-order valence-corrected chi connectivity index (χ4v) is 1.63. The first-order valence-corrected chi connectivity index (χ1v) is 4.48. The van der Waals surface area contributed by atoms with Crippen LogP contribution in [-0.2, 0) is 14.8 Å². The van der Waals surface area contributed by atoms with Crippen molar-refractivity contribution in [1.82, 2.24) is 0 Å². The minimum atomic E-state index is -3.66. The highest BCUT2D eigenvalue weighted by molar-refractivity contribution is 7.90. The summed E-state index contributed by atoms with van der Waals surface area (Å²) in [5.74, 6) is -0.330. The highest BCUT2D eigenvalue weighted by atomic mass is 35.5. The highest BCUT2D eigenvalue weighted by Crippen LogP contribution is 2.00. The van der Waals surface area contributed by atoms with Crippen LogP contribution >= 0.6 is 11.6 Å². The minimum Gasteiger partial charge on any atom is -0.210 e. The molecule has 0 rings (SSSR count). The zero-order valence-electron chi connectivity index (χ0n) is 5.24. The van der Waals surface area contributed by atoms with Crippen molar-refractivity contribution in [3.8, 4) is 0 Å². The Labute approximate surface area is 64.0 Å². The molecule has 10 heavy (non-hydrogen) atoms. The number of alkyl halides is 1. The second-order valence-corrected chi connectivity index (χ2v) is 4.14. The van der Waals surface area contributed by atoms with E-state index in [1.54, 1.807) is 0 Å². The molecule has 0 aliphatic rings. The van der Waals surface area contributed by atoms with Crippen molar-refractivity contribution in [1.29, 1.82) is 0 Å². The second-order valence-electron chi connectivity index (χ2n) is 1.71. The Balaban J connectivity index is 4.30. The first-order chi connectivity index (χ1) is 4.48. The van der Waals surface area contributed by atoms with E-state index in [9.17, 15) is 13.2 Å². The summed E-state index contributed by atoms with van der Waals surface area (Å²) in [4.78, 5) is 9.49. The molecule has 0 fully saturated rings. The van der Waals surface area contributed by atoms with Crippen LogP contribution in [-0.4, -0.2) is 25.6 Å². The molecular weight excluding hydrogens is 178 g/mol. The monoisotopic (exact) mass is 183 g/mol. The molecule has 0 aromatic rings. The molecule has 0 aromatic carbocycles. The van der Waals surface area contributed by atoms with Crippen LogP contribution in [0.5, 0.6) is 0 Å². The smallest absolute Gasteiger partial charge is 0.210 e. The van der Waals surface area contributed by atoms with Crippen LogP contribution in [0.4, 0.5) is 0 Å². The van der Waals surface area contributed by atoms with Crippen LogP contribution in [0.3, 0.4) is 0 Å². The Morgan fingerprint density at radius 3 is 2.50 bits per heavy atom. The normalized spacial score (nSPS) is 13.8. The number of isocyanates is 1. The molecule has 58 valence electrons. The Hall–Kier alpha value is -0.380. The average molecular weight is 184 g/mol. The number of nitrogens with zero attached hydrogens (tertiary/aromatic N) is 1. The number of rotatable bonds is 3. The quantitative estimate of drug-likeness (QED) is 0.359. The van der Waals surface area contributed by atoms with Gasteiger partial charge in [0.15, 0.2) is 0 Å². The van der Waals surface area contributed by atoms with Gasteiger partial charge in [-0.05, 0) is 6.92 Å². The lowest BCUT2D eigenvalue weighted by Crippen LogP contribution is -2.10. The van der Waals surface area contributed by atoms with Gasteiger partial charge in [-0.3, -0.25) is 0 Å². The number of halogens is 1. The molecule has 4 nitrogen and oxygen atoms in total. The van der Waals surface area contributed by atoms with Crippen LogP contribution in [0.15, 0.2) is 4.40 Å². The molecule has 0 saturated carbocycles. The largest absolute Gasteiger partial charge is 0.264 e. The maximum absolute atomic E-state index is 10.5. The van der Waals surface area contributed by atoms with E-state index in [4.69, 9.17) is 11.6 Å². The molecule has 0 heterocycles. The van der Waals surface area contributed by atoms with E-state index in [1.165, 1.54) is 6.92 Å². The van der Waals surface area contributed by atoms with E-state index >= 15 is 0 Å². The summed E-state index contributed by atoms with van der Waals surface area (Å²) in [7, 11) is -3.66. The van der Waals surface area contributed by atoms with Gasteiger partial charge < -0.3 is 0 Å². The number of hydrogen-bond acceptors (Lipinski definition) is 3. The Morgan fingerprint density at radius 1 is 1.70 bits per heavy atom. The SMILES string of the molecule is CC(Cl)CS(=O)(=O)N=C=O. The van der Waals surface area contributed by atoms with Crippen LogP contribution in [0, 0.1) is 0 Å². The molecule has 0 saturated heterocycles. The summed E-state index contributed by atoms with van der Waals surface area (Å²) in [6.45, 7) is 1.50. The molecule has 0 aliphatic carbocycles. The summed E-state index contributed by atoms with van der Waals surface area (Å²) in [5, 5.41) is -0.540. The molecule has 1 unspecified atom stereocenters. The van der Waals surface area contributed by atoms with Crippen molar-refractivity contribution in [2.45, 2.75) is 12.3 Å². The van der Waals surface area contributed by atoms with Gasteiger partial charge in [-0.25, -0.2) is 13.2 Å². The molecule has 0 aliphatic heterocycles. The summed E-state index contributed by atoms with van der Waals surface area (Å²) in [6.07, 6.45) is 0.942. The lowest BCUT2D eigenvalue weighted by molar-refractivity contribution is 0.563. The van der Waals surface area contributed by atoms with Gasteiger partial charge in [0, 0.05) is 5.38 Å². The third kappa shape index (κ3) is 4.49.